The molecule has 3 aromatic rings. The number of ether oxygens (including phenoxy) is 2. The van der Waals surface area contributed by atoms with Crippen LogP contribution >= 0.6 is 11.6 Å². The molecule has 0 spiro atoms. The van der Waals surface area contributed by atoms with Crippen LogP contribution in [-0.4, -0.2) is 43.5 Å². The molecule has 1 N–H and O–H groups in total. The highest BCUT2D eigenvalue weighted by Crippen LogP contribution is 2.23. The van der Waals surface area contributed by atoms with Crippen LogP contribution in [-0.2, 0) is 16.1 Å². The monoisotopic (exact) mass is 452 g/mol. The Bertz CT molecular complexity index is 1100. The lowest BCUT2D eigenvalue weighted by Crippen LogP contribution is -2.16. The average molecular weight is 453 g/mol. The van der Waals surface area contributed by atoms with Crippen LogP contribution in [0.15, 0.2) is 72.8 Å². The number of hydrogen-bond acceptors (Lipinski definition) is 7. The molecule has 2 heterocycles. The zero-order valence-electron chi connectivity index (χ0n) is 18.0. The Hall–Kier alpha value is -3.42. The van der Waals surface area contributed by atoms with Crippen molar-refractivity contribution in [2.24, 2.45) is 0 Å². The fourth-order valence-electron chi connectivity index (χ4n) is 2.79. The molecule has 0 fully saturated rings. The summed E-state index contributed by atoms with van der Waals surface area (Å²) in [5, 5.41) is 4.59. The van der Waals surface area contributed by atoms with E-state index < -0.39 is 0 Å². The van der Waals surface area contributed by atoms with E-state index in [1.54, 1.807) is 24.4 Å². The molecule has 0 saturated heterocycles. The second-order valence-corrected chi connectivity index (χ2v) is 7.30. The van der Waals surface area contributed by atoms with Gasteiger partial charge in [0.1, 0.15) is 25.3 Å². The fraction of sp³-hybridized carbons (Fsp3) is 0.208. The first-order chi connectivity index (χ1) is 15.6. The zero-order chi connectivity index (χ0) is 22.8. The van der Waals surface area contributed by atoms with Crippen molar-refractivity contribution >= 4 is 34.5 Å². The first-order valence-electron chi connectivity index (χ1n) is 10.1. The Kier molecular flexibility index (Phi) is 8.60. The van der Waals surface area contributed by atoms with E-state index in [1.807, 2.05) is 55.5 Å². The zero-order valence-corrected chi connectivity index (χ0v) is 18.7. The summed E-state index contributed by atoms with van der Waals surface area (Å²) in [7, 11) is 3.80. The summed E-state index contributed by atoms with van der Waals surface area (Å²) >= 11 is 5.85. The number of halogens is 1. The number of carbonyl (C=O) groups is 1. The number of nitrogens with zero attached hydrogens (tertiary/aromatic N) is 3. The van der Waals surface area contributed by atoms with Crippen LogP contribution in [0, 0.1) is 0 Å². The van der Waals surface area contributed by atoms with Crippen molar-refractivity contribution in [3.8, 4) is 5.88 Å². The van der Waals surface area contributed by atoms with Gasteiger partial charge in [0.2, 0.25) is 5.88 Å². The minimum atomic E-state index is 0.227. The lowest BCUT2D eigenvalue weighted by Gasteiger charge is -2.15. The van der Waals surface area contributed by atoms with E-state index in [4.69, 9.17) is 21.1 Å². The van der Waals surface area contributed by atoms with Crippen LogP contribution in [0.2, 0.25) is 5.02 Å². The number of nitrogens with one attached hydrogen (secondary N) is 1. The largest absolute Gasteiger partial charge is 0.487 e. The molecule has 8 heteroatoms. The maximum Gasteiger partial charge on any atom is 0.213 e. The van der Waals surface area contributed by atoms with E-state index in [1.165, 1.54) is 6.08 Å². The predicted molar refractivity (Wildman–Crippen MR) is 127 cm³/mol. The summed E-state index contributed by atoms with van der Waals surface area (Å²) in [5.41, 5.74) is 2.53. The summed E-state index contributed by atoms with van der Waals surface area (Å²) in [6, 6.07) is 13.3. The molecule has 0 amide bonds. The molecule has 0 aliphatic heterocycles. The van der Waals surface area contributed by atoms with Gasteiger partial charge >= 0.3 is 0 Å². The van der Waals surface area contributed by atoms with Gasteiger partial charge in [0.15, 0.2) is 0 Å². The number of anilines is 1. The quantitative estimate of drug-likeness (QED) is 0.154. The number of aldehydes is 1. The van der Waals surface area contributed by atoms with E-state index in [0.29, 0.717) is 35.2 Å². The third-order valence-corrected chi connectivity index (χ3v) is 4.75. The van der Waals surface area contributed by atoms with Gasteiger partial charge in [0, 0.05) is 49.2 Å². The molecule has 166 valence electrons. The molecule has 0 atom stereocenters. The first kappa shape index (κ1) is 23.2. The van der Waals surface area contributed by atoms with Crippen molar-refractivity contribution in [3.05, 3.63) is 83.5 Å². The van der Waals surface area contributed by atoms with Gasteiger partial charge in [-0.05, 0) is 49.5 Å². The van der Waals surface area contributed by atoms with Crippen molar-refractivity contribution in [2.75, 3.05) is 32.1 Å². The summed E-state index contributed by atoms with van der Waals surface area (Å²) in [6.07, 6.45) is 7.16. The van der Waals surface area contributed by atoms with E-state index in [2.05, 4.69) is 15.3 Å². The summed E-state index contributed by atoms with van der Waals surface area (Å²) in [4.78, 5) is 21.6. The van der Waals surface area contributed by atoms with Crippen molar-refractivity contribution in [2.45, 2.75) is 6.61 Å². The van der Waals surface area contributed by atoms with E-state index >= 15 is 0 Å². The van der Waals surface area contributed by atoms with Gasteiger partial charge in [0.05, 0.1) is 16.2 Å². The third kappa shape index (κ3) is 6.80. The number of likely N-dealkylation sites (N-methyl/N-ethyl adjacent to an activating group) is 1. The maximum atomic E-state index is 11.0. The highest BCUT2D eigenvalue weighted by molar-refractivity contribution is 6.30. The topological polar surface area (TPSA) is 76.6 Å². The average Bonchev–Trinajstić information content (AvgIpc) is 2.81. The number of benzene rings is 1. The van der Waals surface area contributed by atoms with Gasteiger partial charge < -0.3 is 19.7 Å². The number of hydrogen-bond donors (Lipinski definition) is 1. The van der Waals surface area contributed by atoms with E-state index in [0.717, 1.165) is 23.1 Å². The van der Waals surface area contributed by atoms with Gasteiger partial charge in [-0.15, -0.1) is 0 Å². The maximum absolute atomic E-state index is 11.0. The Morgan fingerprint density at radius 3 is 2.84 bits per heavy atom. The van der Waals surface area contributed by atoms with Crippen LogP contribution in [0.5, 0.6) is 5.88 Å². The van der Waals surface area contributed by atoms with E-state index in [9.17, 15) is 4.79 Å². The molecular formula is C24H25ClN4O3. The Morgan fingerprint density at radius 1 is 1.22 bits per heavy atom. The third-order valence-electron chi connectivity index (χ3n) is 4.53. The number of pyridine rings is 2. The molecule has 2 aromatic heterocycles. The number of rotatable bonds is 11. The van der Waals surface area contributed by atoms with Gasteiger partial charge in [-0.3, -0.25) is 9.78 Å². The number of carbonyl (C=O) groups excluding carboxylic acids is 1. The predicted octanol–water partition coefficient (Wildman–Crippen LogP) is 4.13. The van der Waals surface area contributed by atoms with Crippen LogP contribution in [0.1, 0.15) is 5.69 Å². The minimum absolute atomic E-state index is 0.227. The molecule has 3 rings (SSSR count). The molecule has 0 bridgehead atoms. The standard InChI is InChI=1S/C24H25ClN4O3/c1-26-11-14-31-24-8-3-18-15-21(6-7-23(18)28-24)29(2)12-9-22(10-13-30)32-17-20-5-4-19(25)16-27-20/h3-10,12-13,15-16,26H,11,14,17H2,1-2H3/b12-9-,22-10+. The van der Waals surface area contributed by atoms with Gasteiger partial charge in [0.25, 0.3) is 0 Å². The van der Waals surface area contributed by atoms with Crippen molar-refractivity contribution < 1.29 is 14.3 Å². The molecule has 0 aliphatic rings. The number of fused-ring (bicyclic) bond motifs is 1. The normalized spacial score (nSPS) is 11.7. The molecule has 0 unspecified atom stereocenters. The molecule has 0 saturated carbocycles. The first-order valence-corrected chi connectivity index (χ1v) is 10.4. The lowest BCUT2D eigenvalue weighted by atomic mass is 10.2. The Morgan fingerprint density at radius 2 is 2.09 bits per heavy atom. The van der Waals surface area contributed by atoms with Crippen LogP contribution < -0.4 is 15.0 Å². The lowest BCUT2D eigenvalue weighted by molar-refractivity contribution is -0.104. The molecular weight excluding hydrogens is 428 g/mol. The Labute approximate surface area is 192 Å². The summed E-state index contributed by atoms with van der Waals surface area (Å²) < 4.78 is 11.3. The second kappa shape index (κ2) is 11.8. The highest BCUT2D eigenvalue weighted by Gasteiger charge is 2.04. The van der Waals surface area contributed by atoms with Crippen molar-refractivity contribution in [1.29, 1.82) is 0 Å². The Balaban J connectivity index is 1.65. The fourth-order valence-corrected chi connectivity index (χ4v) is 2.90. The molecule has 0 radical (unpaired) electrons. The minimum Gasteiger partial charge on any atom is -0.487 e. The second-order valence-electron chi connectivity index (χ2n) is 6.87. The smallest absolute Gasteiger partial charge is 0.213 e. The SMILES string of the molecule is CNCCOc1ccc2cc(N(C)/C=C\C(=C/C=O)OCc3ccc(Cl)cn3)ccc2n1. The summed E-state index contributed by atoms with van der Waals surface area (Å²) in [5.74, 6) is 1.03. The highest BCUT2D eigenvalue weighted by atomic mass is 35.5. The molecule has 0 aliphatic carbocycles. The molecule has 32 heavy (non-hydrogen) atoms. The van der Waals surface area contributed by atoms with Gasteiger partial charge in [-0.2, -0.15) is 0 Å². The van der Waals surface area contributed by atoms with Crippen LogP contribution in [0.3, 0.4) is 0 Å². The molecule has 7 nitrogen and oxygen atoms in total. The van der Waals surface area contributed by atoms with Gasteiger partial charge in [-0.1, -0.05) is 11.6 Å². The summed E-state index contributed by atoms with van der Waals surface area (Å²) in [6.45, 7) is 1.55. The van der Waals surface area contributed by atoms with Crippen LogP contribution in [0.25, 0.3) is 10.9 Å². The van der Waals surface area contributed by atoms with E-state index in [-0.39, 0.29) is 6.61 Å². The van der Waals surface area contributed by atoms with Crippen molar-refractivity contribution in [3.63, 3.8) is 0 Å². The molecule has 1 aromatic carbocycles. The van der Waals surface area contributed by atoms with Crippen LogP contribution in [0.4, 0.5) is 5.69 Å². The number of aromatic nitrogens is 2. The van der Waals surface area contributed by atoms with Gasteiger partial charge in [-0.25, -0.2) is 4.98 Å². The number of allylic oxidation sites excluding steroid dienone is 2. The van der Waals surface area contributed by atoms with Crippen molar-refractivity contribution in [1.82, 2.24) is 15.3 Å².